The van der Waals surface area contributed by atoms with Gasteiger partial charge in [-0.15, -0.1) is 0 Å². The molecule has 2 aliphatic rings. The molecule has 4 heterocycles. The van der Waals surface area contributed by atoms with Gasteiger partial charge in [0.05, 0.1) is 17.5 Å². The lowest BCUT2D eigenvalue weighted by atomic mass is 10.1. The van der Waals surface area contributed by atoms with E-state index in [2.05, 4.69) is 25.1 Å². The van der Waals surface area contributed by atoms with E-state index in [0.29, 0.717) is 18.7 Å². The van der Waals surface area contributed by atoms with Crippen molar-refractivity contribution >= 4 is 11.9 Å². The number of hydrogen-bond donors (Lipinski definition) is 1. The van der Waals surface area contributed by atoms with E-state index in [-0.39, 0.29) is 5.91 Å². The Morgan fingerprint density at radius 2 is 2.00 bits per heavy atom. The highest BCUT2D eigenvalue weighted by Crippen LogP contribution is 2.21. The van der Waals surface area contributed by atoms with E-state index in [1.807, 2.05) is 11.8 Å². The average Bonchev–Trinajstić information content (AvgIpc) is 3.09. The van der Waals surface area contributed by atoms with Gasteiger partial charge in [0.15, 0.2) is 0 Å². The molecule has 1 N–H and O–H groups in total. The van der Waals surface area contributed by atoms with Crippen molar-refractivity contribution in [3.8, 4) is 0 Å². The van der Waals surface area contributed by atoms with Crippen LogP contribution in [0.15, 0.2) is 12.4 Å². The molecule has 24 heavy (non-hydrogen) atoms. The number of fused-ring (bicyclic) bond motifs is 1. The Hall–Kier alpha value is -2.44. The van der Waals surface area contributed by atoms with Gasteiger partial charge in [-0.2, -0.15) is 5.10 Å². The SMILES string of the molecule is Cc1nc(N2CCCCC2)ncc1C(=O)N1CCc2[nH]ncc2C1. The lowest BCUT2D eigenvalue weighted by molar-refractivity contribution is 0.0732. The number of hydrogen-bond acceptors (Lipinski definition) is 5. The summed E-state index contributed by atoms with van der Waals surface area (Å²) in [6.07, 6.45) is 7.95. The monoisotopic (exact) mass is 326 g/mol. The van der Waals surface area contributed by atoms with Crippen molar-refractivity contribution in [1.29, 1.82) is 0 Å². The van der Waals surface area contributed by atoms with Crippen molar-refractivity contribution < 1.29 is 4.79 Å². The molecule has 4 rings (SSSR count). The van der Waals surface area contributed by atoms with Crippen LogP contribution in [-0.2, 0) is 13.0 Å². The molecule has 1 fully saturated rings. The van der Waals surface area contributed by atoms with Crippen LogP contribution in [0.3, 0.4) is 0 Å². The molecule has 0 saturated carbocycles. The van der Waals surface area contributed by atoms with E-state index in [0.717, 1.165) is 42.4 Å². The van der Waals surface area contributed by atoms with E-state index in [9.17, 15) is 4.79 Å². The van der Waals surface area contributed by atoms with Gasteiger partial charge in [-0.25, -0.2) is 9.97 Å². The van der Waals surface area contributed by atoms with Gasteiger partial charge in [0.1, 0.15) is 0 Å². The van der Waals surface area contributed by atoms with E-state index in [1.54, 1.807) is 12.4 Å². The molecule has 0 atom stereocenters. The number of amides is 1. The van der Waals surface area contributed by atoms with Crippen molar-refractivity contribution in [3.05, 3.63) is 34.9 Å². The number of anilines is 1. The van der Waals surface area contributed by atoms with Crippen LogP contribution in [0.2, 0.25) is 0 Å². The predicted molar refractivity (Wildman–Crippen MR) is 89.9 cm³/mol. The highest BCUT2D eigenvalue weighted by Gasteiger charge is 2.25. The fourth-order valence-corrected chi connectivity index (χ4v) is 3.48. The lowest BCUT2D eigenvalue weighted by Gasteiger charge is -2.28. The molecular formula is C17H22N6O. The summed E-state index contributed by atoms with van der Waals surface area (Å²) in [5, 5.41) is 7.05. The molecule has 0 aromatic carbocycles. The smallest absolute Gasteiger partial charge is 0.257 e. The molecule has 7 heteroatoms. The van der Waals surface area contributed by atoms with E-state index < -0.39 is 0 Å². The zero-order valence-electron chi connectivity index (χ0n) is 14.0. The molecule has 0 spiro atoms. The minimum Gasteiger partial charge on any atom is -0.341 e. The topological polar surface area (TPSA) is 78.0 Å². The van der Waals surface area contributed by atoms with Crippen molar-refractivity contribution in [2.45, 2.75) is 39.2 Å². The summed E-state index contributed by atoms with van der Waals surface area (Å²) >= 11 is 0. The Labute approximate surface area is 141 Å². The van der Waals surface area contributed by atoms with Crippen molar-refractivity contribution in [3.63, 3.8) is 0 Å². The molecule has 0 radical (unpaired) electrons. The number of aromatic amines is 1. The van der Waals surface area contributed by atoms with Gasteiger partial charge in [-0.05, 0) is 26.2 Å². The fraction of sp³-hybridized carbons (Fsp3) is 0.529. The van der Waals surface area contributed by atoms with Crippen LogP contribution in [0.4, 0.5) is 5.95 Å². The van der Waals surface area contributed by atoms with Gasteiger partial charge in [-0.1, -0.05) is 0 Å². The predicted octanol–water partition coefficient (Wildman–Crippen LogP) is 1.70. The third-order valence-corrected chi connectivity index (χ3v) is 4.92. The first-order valence-electron chi connectivity index (χ1n) is 8.61. The molecular weight excluding hydrogens is 304 g/mol. The second kappa shape index (κ2) is 6.22. The standard InChI is InChI=1S/C17H22N6O/c1-12-14(10-18-17(20-12)22-6-3-2-4-7-22)16(24)23-8-5-15-13(11-23)9-19-21-15/h9-10H,2-8,11H2,1H3,(H,19,21). The van der Waals surface area contributed by atoms with E-state index in [1.165, 1.54) is 19.3 Å². The van der Waals surface area contributed by atoms with Gasteiger partial charge >= 0.3 is 0 Å². The summed E-state index contributed by atoms with van der Waals surface area (Å²) in [7, 11) is 0. The van der Waals surface area contributed by atoms with Crippen LogP contribution in [0.5, 0.6) is 0 Å². The molecule has 0 unspecified atom stereocenters. The highest BCUT2D eigenvalue weighted by molar-refractivity contribution is 5.95. The van der Waals surface area contributed by atoms with Crippen molar-refractivity contribution in [2.75, 3.05) is 24.5 Å². The molecule has 2 aliphatic heterocycles. The normalized spacial score (nSPS) is 17.7. The first kappa shape index (κ1) is 15.1. The summed E-state index contributed by atoms with van der Waals surface area (Å²) in [5.41, 5.74) is 3.59. The first-order valence-corrected chi connectivity index (χ1v) is 8.61. The van der Waals surface area contributed by atoms with Crippen LogP contribution in [0.25, 0.3) is 0 Å². The fourth-order valence-electron chi connectivity index (χ4n) is 3.48. The number of nitrogens with zero attached hydrogens (tertiary/aromatic N) is 5. The van der Waals surface area contributed by atoms with E-state index in [4.69, 9.17) is 0 Å². The average molecular weight is 326 g/mol. The van der Waals surface area contributed by atoms with Crippen molar-refractivity contribution in [1.82, 2.24) is 25.1 Å². The minimum atomic E-state index is 0.00421. The largest absolute Gasteiger partial charge is 0.341 e. The van der Waals surface area contributed by atoms with E-state index >= 15 is 0 Å². The number of rotatable bonds is 2. The highest BCUT2D eigenvalue weighted by atomic mass is 16.2. The number of H-pyrrole nitrogens is 1. The quantitative estimate of drug-likeness (QED) is 0.909. The first-order chi connectivity index (χ1) is 11.7. The molecule has 126 valence electrons. The Morgan fingerprint density at radius 1 is 1.17 bits per heavy atom. The maximum atomic E-state index is 12.8. The number of aromatic nitrogens is 4. The number of nitrogens with one attached hydrogen (secondary N) is 1. The van der Waals surface area contributed by atoms with Crippen LogP contribution < -0.4 is 4.90 Å². The number of piperidine rings is 1. The number of aryl methyl sites for hydroxylation is 1. The lowest BCUT2D eigenvalue weighted by Crippen LogP contribution is -2.36. The van der Waals surface area contributed by atoms with Gasteiger partial charge in [0, 0.05) is 50.1 Å². The molecule has 2 aromatic rings. The van der Waals surface area contributed by atoms with Crippen LogP contribution >= 0.6 is 0 Å². The maximum absolute atomic E-state index is 12.8. The molecule has 0 bridgehead atoms. The van der Waals surface area contributed by atoms with Gasteiger partial charge in [-0.3, -0.25) is 9.89 Å². The van der Waals surface area contributed by atoms with Crippen LogP contribution in [0, 0.1) is 6.92 Å². The Balaban J connectivity index is 1.52. The molecule has 7 nitrogen and oxygen atoms in total. The molecule has 1 amide bonds. The van der Waals surface area contributed by atoms with Gasteiger partial charge in [0.2, 0.25) is 5.95 Å². The van der Waals surface area contributed by atoms with Crippen molar-refractivity contribution in [2.24, 2.45) is 0 Å². The zero-order valence-corrected chi connectivity index (χ0v) is 14.0. The van der Waals surface area contributed by atoms with Gasteiger partial charge < -0.3 is 9.80 Å². The Kier molecular flexibility index (Phi) is 3.92. The van der Waals surface area contributed by atoms with Crippen LogP contribution in [0.1, 0.15) is 46.6 Å². The summed E-state index contributed by atoms with van der Waals surface area (Å²) < 4.78 is 0. The second-order valence-electron chi connectivity index (χ2n) is 6.57. The Bertz CT molecular complexity index is 749. The summed E-state index contributed by atoms with van der Waals surface area (Å²) in [5.74, 6) is 0.754. The summed E-state index contributed by atoms with van der Waals surface area (Å²) in [6, 6.07) is 0. The van der Waals surface area contributed by atoms with Crippen LogP contribution in [-0.4, -0.2) is 50.6 Å². The molecule has 0 aliphatic carbocycles. The number of carbonyl (C=O) groups excluding carboxylic acids is 1. The minimum absolute atomic E-state index is 0.00421. The second-order valence-corrected chi connectivity index (χ2v) is 6.57. The zero-order chi connectivity index (χ0) is 16.5. The maximum Gasteiger partial charge on any atom is 0.257 e. The van der Waals surface area contributed by atoms with Gasteiger partial charge in [0.25, 0.3) is 5.91 Å². The summed E-state index contributed by atoms with van der Waals surface area (Å²) in [4.78, 5) is 26.0. The molecule has 2 aromatic heterocycles. The third-order valence-electron chi connectivity index (χ3n) is 4.92. The molecule has 1 saturated heterocycles. The number of carbonyl (C=O) groups is 1. The summed E-state index contributed by atoms with van der Waals surface area (Å²) in [6.45, 7) is 5.19. The Morgan fingerprint density at radius 3 is 2.79 bits per heavy atom. The third kappa shape index (κ3) is 2.74.